The summed E-state index contributed by atoms with van der Waals surface area (Å²) in [4.78, 5) is 23.0. The van der Waals surface area contributed by atoms with Crippen molar-refractivity contribution in [3.63, 3.8) is 0 Å². The van der Waals surface area contributed by atoms with Crippen molar-refractivity contribution in [3.05, 3.63) is 29.5 Å². The number of hydrogen-bond acceptors (Lipinski definition) is 5. The molecule has 1 amide bonds. The number of benzene rings is 1. The minimum atomic E-state index is -0.403. The number of ether oxygens (including phenoxy) is 2. The lowest BCUT2D eigenvalue weighted by molar-refractivity contribution is -0.142. The number of fused-ring (bicyclic) bond motifs is 1. The molecule has 0 aliphatic carbocycles. The number of hydrogen-bond donors (Lipinski definition) is 1. The zero-order valence-electron chi connectivity index (χ0n) is 13.8. The molecule has 2 rings (SSSR count). The van der Waals surface area contributed by atoms with Crippen LogP contribution in [0.5, 0.6) is 5.75 Å². The highest BCUT2D eigenvalue weighted by molar-refractivity contribution is 5.84. The van der Waals surface area contributed by atoms with Crippen LogP contribution in [0.3, 0.4) is 0 Å². The Balaban J connectivity index is 2.11. The molecule has 6 heteroatoms. The van der Waals surface area contributed by atoms with Crippen molar-refractivity contribution in [2.24, 2.45) is 0 Å². The first-order valence-electron chi connectivity index (χ1n) is 7.39. The number of carbonyl (C=O) groups excluding carboxylic acids is 2. The summed E-state index contributed by atoms with van der Waals surface area (Å²) in [5, 5.41) is 3.79. The van der Waals surface area contributed by atoms with Gasteiger partial charge in [-0.25, -0.2) is 0 Å². The first-order chi connectivity index (χ1) is 11.0. The fraction of sp³-hybridized carbons (Fsp3) is 0.412. The Morgan fingerprint density at radius 2 is 2.00 bits per heavy atom. The van der Waals surface area contributed by atoms with Crippen molar-refractivity contribution in [1.82, 2.24) is 5.32 Å². The standard InChI is InChI=1S/C17H21NO5/c1-10-13-9-12(21-3)5-6-14(13)23-17(10)11(2)18-15(19)7-8-16(20)22-4/h5-6,9,11H,7-8H2,1-4H3,(H,18,19). The lowest BCUT2D eigenvalue weighted by atomic mass is 10.1. The molecule has 0 fully saturated rings. The molecule has 0 aliphatic heterocycles. The molecule has 1 atom stereocenters. The summed E-state index contributed by atoms with van der Waals surface area (Å²) in [5.74, 6) is 0.822. The molecule has 0 spiro atoms. The van der Waals surface area contributed by atoms with Crippen LogP contribution >= 0.6 is 0 Å². The summed E-state index contributed by atoms with van der Waals surface area (Å²) in [6.45, 7) is 3.79. The molecule has 0 saturated heterocycles. The van der Waals surface area contributed by atoms with Crippen LogP contribution in [-0.4, -0.2) is 26.1 Å². The Labute approximate surface area is 134 Å². The van der Waals surface area contributed by atoms with Crippen LogP contribution in [0, 0.1) is 6.92 Å². The monoisotopic (exact) mass is 319 g/mol. The van der Waals surface area contributed by atoms with Gasteiger partial charge in [0.15, 0.2) is 0 Å². The highest BCUT2D eigenvalue weighted by atomic mass is 16.5. The highest BCUT2D eigenvalue weighted by Crippen LogP contribution is 2.31. The highest BCUT2D eigenvalue weighted by Gasteiger charge is 2.19. The van der Waals surface area contributed by atoms with Crippen LogP contribution in [0.25, 0.3) is 11.0 Å². The van der Waals surface area contributed by atoms with Gasteiger partial charge in [-0.15, -0.1) is 0 Å². The van der Waals surface area contributed by atoms with E-state index >= 15 is 0 Å². The van der Waals surface area contributed by atoms with Crippen molar-refractivity contribution in [1.29, 1.82) is 0 Å². The second kappa shape index (κ2) is 7.17. The van der Waals surface area contributed by atoms with Gasteiger partial charge in [-0.2, -0.15) is 0 Å². The average molecular weight is 319 g/mol. The van der Waals surface area contributed by atoms with Gasteiger partial charge in [0.2, 0.25) is 5.91 Å². The Bertz CT molecular complexity index is 719. The van der Waals surface area contributed by atoms with Gasteiger partial charge in [-0.05, 0) is 32.0 Å². The number of methoxy groups -OCH3 is 2. The third kappa shape index (κ3) is 3.83. The van der Waals surface area contributed by atoms with Gasteiger partial charge >= 0.3 is 5.97 Å². The number of carbonyl (C=O) groups is 2. The predicted octanol–water partition coefficient (Wildman–Crippen LogP) is 2.88. The van der Waals surface area contributed by atoms with Gasteiger partial charge in [-0.3, -0.25) is 9.59 Å². The Hall–Kier alpha value is -2.50. The molecule has 2 aromatic rings. The predicted molar refractivity (Wildman–Crippen MR) is 85.3 cm³/mol. The molecule has 6 nitrogen and oxygen atoms in total. The maximum absolute atomic E-state index is 11.9. The van der Waals surface area contributed by atoms with E-state index in [0.29, 0.717) is 5.76 Å². The summed E-state index contributed by atoms with van der Waals surface area (Å²) in [6.07, 6.45) is 0.148. The van der Waals surface area contributed by atoms with Gasteiger partial charge in [-0.1, -0.05) is 0 Å². The number of amides is 1. The molecule has 0 saturated carbocycles. The molecule has 0 bridgehead atoms. The Morgan fingerprint density at radius 1 is 1.26 bits per heavy atom. The van der Waals surface area contributed by atoms with Crippen LogP contribution in [0.4, 0.5) is 0 Å². The van der Waals surface area contributed by atoms with E-state index in [-0.39, 0.29) is 24.8 Å². The van der Waals surface area contributed by atoms with Gasteiger partial charge in [0, 0.05) is 17.4 Å². The molecule has 0 radical (unpaired) electrons. The van der Waals surface area contributed by atoms with Crippen molar-refractivity contribution in [3.8, 4) is 5.75 Å². The minimum absolute atomic E-state index is 0.0609. The largest absolute Gasteiger partial charge is 0.497 e. The molecule has 1 N–H and O–H groups in total. The average Bonchev–Trinajstić information content (AvgIpc) is 2.89. The molecule has 1 unspecified atom stereocenters. The van der Waals surface area contributed by atoms with Gasteiger partial charge < -0.3 is 19.2 Å². The molecule has 1 aromatic heterocycles. The molecular weight excluding hydrogens is 298 g/mol. The van der Waals surface area contributed by atoms with E-state index < -0.39 is 5.97 Å². The summed E-state index contributed by atoms with van der Waals surface area (Å²) in [5.41, 5.74) is 1.70. The summed E-state index contributed by atoms with van der Waals surface area (Å²) in [6, 6.07) is 5.28. The van der Waals surface area contributed by atoms with Crippen molar-refractivity contribution in [2.75, 3.05) is 14.2 Å². The van der Waals surface area contributed by atoms with Crippen molar-refractivity contribution >= 4 is 22.8 Å². The summed E-state index contributed by atoms with van der Waals surface area (Å²) >= 11 is 0. The second-order valence-corrected chi connectivity index (χ2v) is 5.32. The van der Waals surface area contributed by atoms with E-state index in [1.54, 1.807) is 7.11 Å². The third-order valence-corrected chi connectivity index (χ3v) is 3.73. The van der Waals surface area contributed by atoms with Crippen LogP contribution in [0.1, 0.15) is 37.1 Å². The van der Waals surface area contributed by atoms with E-state index in [2.05, 4.69) is 10.1 Å². The van der Waals surface area contributed by atoms with E-state index in [9.17, 15) is 9.59 Å². The van der Waals surface area contributed by atoms with E-state index in [4.69, 9.17) is 9.15 Å². The summed E-state index contributed by atoms with van der Waals surface area (Å²) in [7, 11) is 2.91. The van der Waals surface area contributed by atoms with E-state index in [1.165, 1.54) is 7.11 Å². The van der Waals surface area contributed by atoms with Crippen LogP contribution in [-0.2, 0) is 14.3 Å². The van der Waals surface area contributed by atoms with E-state index in [1.807, 2.05) is 32.0 Å². The minimum Gasteiger partial charge on any atom is -0.497 e. The fourth-order valence-electron chi connectivity index (χ4n) is 2.46. The lowest BCUT2D eigenvalue weighted by Crippen LogP contribution is -2.27. The number of furan rings is 1. The Kier molecular flexibility index (Phi) is 5.26. The zero-order chi connectivity index (χ0) is 17.0. The topological polar surface area (TPSA) is 77.8 Å². The van der Waals surface area contributed by atoms with Gasteiger partial charge in [0.1, 0.15) is 17.1 Å². The van der Waals surface area contributed by atoms with Crippen LogP contribution in [0.15, 0.2) is 22.6 Å². The molecule has 1 heterocycles. The Morgan fingerprint density at radius 3 is 2.65 bits per heavy atom. The number of rotatable bonds is 6. The molecular formula is C17H21NO5. The maximum atomic E-state index is 11.9. The zero-order valence-corrected chi connectivity index (χ0v) is 13.8. The first-order valence-corrected chi connectivity index (χ1v) is 7.39. The molecule has 23 heavy (non-hydrogen) atoms. The van der Waals surface area contributed by atoms with Crippen LogP contribution < -0.4 is 10.1 Å². The normalized spacial score (nSPS) is 12.0. The molecule has 124 valence electrons. The number of esters is 1. The van der Waals surface area contributed by atoms with E-state index in [0.717, 1.165) is 22.3 Å². The third-order valence-electron chi connectivity index (χ3n) is 3.73. The fourth-order valence-corrected chi connectivity index (χ4v) is 2.46. The van der Waals surface area contributed by atoms with Crippen molar-refractivity contribution < 1.29 is 23.5 Å². The van der Waals surface area contributed by atoms with Crippen molar-refractivity contribution in [2.45, 2.75) is 32.7 Å². The lowest BCUT2D eigenvalue weighted by Gasteiger charge is -2.12. The van der Waals surface area contributed by atoms with Gasteiger partial charge in [0.05, 0.1) is 26.7 Å². The van der Waals surface area contributed by atoms with Crippen LogP contribution in [0.2, 0.25) is 0 Å². The SMILES string of the molecule is COC(=O)CCC(=O)NC(C)c1oc2ccc(OC)cc2c1C. The molecule has 1 aromatic carbocycles. The smallest absolute Gasteiger partial charge is 0.306 e. The number of aryl methyl sites for hydroxylation is 1. The first kappa shape index (κ1) is 16.9. The number of nitrogens with one attached hydrogen (secondary N) is 1. The second-order valence-electron chi connectivity index (χ2n) is 5.32. The maximum Gasteiger partial charge on any atom is 0.306 e. The molecule has 0 aliphatic rings. The quantitative estimate of drug-likeness (QED) is 0.828. The van der Waals surface area contributed by atoms with Gasteiger partial charge in [0.25, 0.3) is 0 Å². The summed E-state index contributed by atoms with van der Waals surface area (Å²) < 4.78 is 15.6.